The molecule has 0 unspecified atom stereocenters. The van der Waals surface area contributed by atoms with Gasteiger partial charge in [0.05, 0.1) is 10.6 Å². The van der Waals surface area contributed by atoms with Crippen LogP contribution in [0, 0.1) is 11.6 Å². The van der Waals surface area contributed by atoms with Crippen LogP contribution in [0.1, 0.15) is 15.9 Å². The van der Waals surface area contributed by atoms with Crippen molar-refractivity contribution in [2.45, 2.75) is 0 Å². The summed E-state index contributed by atoms with van der Waals surface area (Å²) >= 11 is 5.74. The van der Waals surface area contributed by atoms with E-state index in [1.165, 1.54) is 24.3 Å². The van der Waals surface area contributed by atoms with Gasteiger partial charge in [-0.3, -0.25) is 4.79 Å². The lowest BCUT2D eigenvalue weighted by atomic mass is 10.0. The SMILES string of the molecule is O=C(c1ccccc1F)c1ccc(F)cc1Cl. The fraction of sp³-hybridized carbons (Fsp3) is 0. The molecule has 0 bridgehead atoms. The fourth-order valence-electron chi connectivity index (χ4n) is 1.46. The van der Waals surface area contributed by atoms with Gasteiger partial charge in [-0.15, -0.1) is 0 Å². The van der Waals surface area contributed by atoms with E-state index in [9.17, 15) is 13.6 Å². The van der Waals surface area contributed by atoms with E-state index in [0.717, 1.165) is 12.1 Å². The summed E-state index contributed by atoms with van der Waals surface area (Å²) in [5, 5.41) is -0.0294. The maximum Gasteiger partial charge on any atom is 0.197 e. The Morgan fingerprint density at radius 1 is 1.00 bits per heavy atom. The average molecular weight is 253 g/mol. The van der Waals surface area contributed by atoms with Crippen LogP contribution >= 0.6 is 11.6 Å². The molecule has 0 saturated heterocycles. The standard InChI is InChI=1S/C13H7ClF2O/c14-11-7-8(15)5-6-9(11)13(17)10-3-1-2-4-12(10)16/h1-7H. The minimum absolute atomic E-state index is 0.0294. The third kappa shape index (κ3) is 2.34. The molecule has 4 heteroatoms. The normalized spacial score (nSPS) is 10.3. The first-order valence-electron chi connectivity index (χ1n) is 4.84. The molecule has 0 aliphatic rings. The number of carbonyl (C=O) groups excluding carboxylic acids is 1. The first-order chi connectivity index (χ1) is 8.09. The molecule has 0 saturated carbocycles. The van der Waals surface area contributed by atoms with Crippen LogP contribution in [0.4, 0.5) is 8.78 Å². The third-order valence-corrected chi connectivity index (χ3v) is 2.61. The van der Waals surface area contributed by atoms with Crippen molar-refractivity contribution in [2.24, 2.45) is 0 Å². The predicted molar refractivity (Wildman–Crippen MR) is 61.2 cm³/mol. The van der Waals surface area contributed by atoms with Crippen LogP contribution in [0.25, 0.3) is 0 Å². The van der Waals surface area contributed by atoms with Gasteiger partial charge in [-0.2, -0.15) is 0 Å². The summed E-state index contributed by atoms with van der Waals surface area (Å²) in [4.78, 5) is 12.0. The van der Waals surface area contributed by atoms with E-state index in [1.807, 2.05) is 0 Å². The Balaban J connectivity index is 2.48. The van der Waals surface area contributed by atoms with E-state index < -0.39 is 17.4 Å². The molecule has 0 radical (unpaired) electrons. The van der Waals surface area contributed by atoms with Crippen LogP contribution in [-0.4, -0.2) is 5.78 Å². The lowest BCUT2D eigenvalue weighted by Gasteiger charge is -2.04. The number of halogens is 3. The maximum absolute atomic E-state index is 13.4. The lowest BCUT2D eigenvalue weighted by molar-refractivity contribution is 0.103. The number of ketones is 1. The summed E-state index contributed by atoms with van der Waals surface area (Å²) in [7, 11) is 0. The Morgan fingerprint density at radius 3 is 2.35 bits per heavy atom. The monoisotopic (exact) mass is 252 g/mol. The van der Waals surface area contributed by atoms with Gasteiger partial charge in [-0.1, -0.05) is 23.7 Å². The molecule has 17 heavy (non-hydrogen) atoms. The molecule has 0 atom stereocenters. The van der Waals surface area contributed by atoms with E-state index in [0.29, 0.717) is 0 Å². The average Bonchev–Trinajstić information content (AvgIpc) is 2.29. The van der Waals surface area contributed by atoms with Crippen molar-refractivity contribution in [3.8, 4) is 0 Å². The topological polar surface area (TPSA) is 17.1 Å². The zero-order chi connectivity index (χ0) is 12.4. The summed E-state index contributed by atoms with van der Waals surface area (Å²) in [6, 6.07) is 8.95. The van der Waals surface area contributed by atoms with Gasteiger partial charge in [0.15, 0.2) is 5.78 Å². The van der Waals surface area contributed by atoms with Gasteiger partial charge in [0.1, 0.15) is 11.6 Å². The molecule has 2 aromatic carbocycles. The van der Waals surface area contributed by atoms with Crippen molar-refractivity contribution in [3.63, 3.8) is 0 Å². The fourth-order valence-corrected chi connectivity index (χ4v) is 1.72. The highest BCUT2D eigenvalue weighted by Crippen LogP contribution is 2.21. The number of hydrogen-bond acceptors (Lipinski definition) is 1. The molecular weight excluding hydrogens is 246 g/mol. The molecule has 2 aromatic rings. The quantitative estimate of drug-likeness (QED) is 0.742. The van der Waals surface area contributed by atoms with Gasteiger partial charge in [0, 0.05) is 5.56 Å². The molecule has 0 heterocycles. The van der Waals surface area contributed by atoms with E-state index in [4.69, 9.17) is 11.6 Å². The van der Waals surface area contributed by atoms with Crippen molar-refractivity contribution in [1.29, 1.82) is 0 Å². The van der Waals surface area contributed by atoms with Crippen molar-refractivity contribution in [1.82, 2.24) is 0 Å². The molecule has 0 spiro atoms. The lowest BCUT2D eigenvalue weighted by Crippen LogP contribution is -2.05. The molecular formula is C13H7ClF2O. The van der Waals surface area contributed by atoms with Gasteiger partial charge < -0.3 is 0 Å². The van der Waals surface area contributed by atoms with E-state index in [-0.39, 0.29) is 16.1 Å². The maximum atomic E-state index is 13.4. The van der Waals surface area contributed by atoms with Crippen LogP contribution in [0.5, 0.6) is 0 Å². The summed E-state index contributed by atoms with van der Waals surface area (Å²) in [6.45, 7) is 0. The smallest absolute Gasteiger partial charge is 0.197 e. The summed E-state index contributed by atoms with van der Waals surface area (Å²) in [6.07, 6.45) is 0. The van der Waals surface area contributed by atoms with E-state index in [2.05, 4.69) is 0 Å². The Labute approximate surface area is 102 Å². The van der Waals surface area contributed by atoms with Gasteiger partial charge in [-0.25, -0.2) is 8.78 Å². The second-order valence-electron chi connectivity index (χ2n) is 3.43. The minimum Gasteiger partial charge on any atom is -0.288 e. The van der Waals surface area contributed by atoms with Crippen LogP contribution in [0.2, 0.25) is 5.02 Å². The second-order valence-corrected chi connectivity index (χ2v) is 3.84. The Kier molecular flexibility index (Phi) is 3.20. The highest BCUT2D eigenvalue weighted by molar-refractivity contribution is 6.35. The molecule has 86 valence electrons. The number of benzene rings is 2. The van der Waals surface area contributed by atoms with Crippen molar-refractivity contribution in [2.75, 3.05) is 0 Å². The highest BCUT2D eigenvalue weighted by atomic mass is 35.5. The van der Waals surface area contributed by atoms with Crippen LogP contribution in [0.3, 0.4) is 0 Å². The number of carbonyl (C=O) groups is 1. The molecule has 1 nitrogen and oxygen atoms in total. The predicted octanol–water partition coefficient (Wildman–Crippen LogP) is 3.85. The Hall–Kier alpha value is -1.74. The second kappa shape index (κ2) is 4.63. The minimum atomic E-state index is -0.627. The van der Waals surface area contributed by atoms with E-state index >= 15 is 0 Å². The molecule has 0 amide bonds. The summed E-state index contributed by atoms with van der Waals surface area (Å²) < 4.78 is 26.2. The van der Waals surface area contributed by atoms with Gasteiger partial charge in [0.25, 0.3) is 0 Å². The first kappa shape index (κ1) is 11.7. The zero-order valence-electron chi connectivity index (χ0n) is 8.58. The Bertz CT molecular complexity index is 581. The van der Waals surface area contributed by atoms with Crippen molar-refractivity contribution >= 4 is 17.4 Å². The molecule has 0 aromatic heterocycles. The van der Waals surface area contributed by atoms with E-state index in [1.54, 1.807) is 6.07 Å². The van der Waals surface area contributed by atoms with Crippen LogP contribution in [-0.2, 0) is 0 Å². The van der Waals surface area contributed by atoms with Gasteiger partial charge in [0.2, 0.25) is 0 Å². The van der Waals surface area contributed by atoms with Gasteiger partial charge >= 0.3 is 0 Å². The third-order valence-electron chi connectivity index (χ3n) is 2.29. The van der Waals surface area contributed by atoms with Crippen LogP contribution < -0.4 is 0 Å². The molecule has 0 fully saturated rings. The number of rotatable bonds is 2. The van der Waals surface area contributed by atoms with Crippen molar-refractivity contribution < 1.29 is 13.6 Å². The largest absolute Gasteiger partial charge is 0.288 e. The number of hydrogen-bond donors (Lipinski definition) is 0. The summed E-state index contributed by atoms with van der Waals surface area (Å²) in [5.74, 6) is -1.73. The molecule has 0 N–H and O–H groups in total. The molecule has 0 aliphatic carbocycles. The zero-order valence-corrected chi connectivity index (χ0v) is 9.34. The molecule has 0 aliphatic heterocycles. The molecule has 2 rings (SSSR count). The first-order valence-corrected chi connectivity index (χ1v) is 5.21. The summed E-state index contributed by atoms with van der Waals surface area (Å²) in [5.41, 5.74) is -0.000764. The highest BCUT2D eigenvalue weighted by Gasteiger charge is 2.16. The van der Waals surface area contributed by atoms with Crippen LogP contribution in [0.15, 0.2) is 42.5 Å². The Morgan fingerprint density at radius 2 is 1.71 bits per heavy atom. The van der Waals surface area contributed by atoms with Crippen molar-refractivity contribution in [3.05, 3.63) is 70.2 Å². The van der Waals surface area contributed by atoms with Gasteiger partial charge in [-0.05, 0) is 30.3 Å².